The summed E-state index contributed by atoms with van der Waals surface area (Å²) in [4.78, 5) is 33.1. The molecule has 0 radical (unpaired) electrons. The van der Waals surface area contributed by atoms with Gasteiger partial charge in [-0.05, 0) is 37.1 Å². The lowest BCUT2D eigenvalue weighted by Crippen LogP contribution is -2.44. The van der Waals surface area contributed by atoms with Crippen molar-refractivity contribution in [2.75, 3.05) is 24.7 Å². The molecule has 1 N–H and O–H groups in total. The largest absolute Gasteiger partial charge is 0.468 e. The van der Waals surface area contributed by atoms with E-state index in [1.807, 2.05) is 37.3 Å². The van der Waals surface area contributed by atoms with Crippen molar-refractivity contribution >= 4 is 34.2 Å². The minimum absolute atomic E-state index is 0.221. The lowest BCUT2D eigenvalue weighted by atomic mass is 10.1. The summed E-state index contributed by atoms with van der Waals surface area (Å²) in [5.41, 5.74) is 3.22. The number of carbonyl (C=O) groups excluding carboxylic acids is 2. The van der Waals surface area contributed by atoms with Crippen LogP contribution in [0.15, 0.2) is 53.3 Å². The van der Waals surface area contributed by atoms with Gasteiger partial charge in [-0.3, -0.25) is 14.0 Å². The number of aromatic nitrogens is 4. The van der Waals surface area contributed by atoms with E-state index in [2.05, 4.69) is 25.2 Å². The number of ether oxygens (including phenoxy) is 1. The van der Waals surface area contributed by atoms with E-state index in [4.69, 9.17) is 4.52 Å². The molecule has 0 bridgehead atoms. The first-order valence-corrected chi connectivity index (χ1v) is 12.1. The van der Waals surface area contributed by atoms with Crippen LogP contribution in [0.2, 0.25) is 0 Å². The minimum Gasteiger partial charge on any atom is -0.468 e. The van der Waals surface area contributed by atoms with Crippen LogP contribution >= 0.6 is 0 Å². The molecule has 0 aliphatic carbocycles. The number of amides is 1. The summed E-state index contributed by atoms with van der Waals surface area (Å²) in [7, 11) is -0.278. The fraction of sp³-hybridized carbons (Fsp3) is 0.261. The van der Waals surface area contributed by atoms with Gasteiger partial charge in [-0.25, -0.2) is 13.5 Å². The van der Waals surface area contributed by atoms with Gasteiger partial charge < -0.3 is 14.6 Å². The van der Waals surface area contributed by atoms with Gasteiger partial charge in [0.2, 0.25) is 11.7 Å². The molecule has 1 saturated heterocycles. The highest BCUT2D eigenvalue weighted by Gasteiger charge is 2.38. The maximum absolute atomic E-state index is 12.9. The Morgan fingerprint density at radius 3 is 2.91 bits per heavy atom. The molecule has 1 aliphatic heterocycles. The third-order valence-electron chi connectivity index (χ3n) is 5.82. The van der Waals surface area contributed by atoms with Gasteiger partial charge in [0, 0.05) is 24.0 Å². The summed E-state index contributed by atoms with van der Waals surface area (Å²) in [5.74, 6) is -0.395. The number of nitrogens with one attached hydrogen (secondary N) is 1. The minimum atomic E-state index is -1.54. The van der Waals surface area contributed by atoms with Crippen molar-refractivity contribution in [3.63, 3.8) is 0 Å². The van der Waals surface area contributed by atoms with Crippen molar-refractivity contribution in [1.29, 1.82) is 0 Å². The number of nitrogens with zero attached hydrogens (tertiary/aromatic N) is 5. The molecule has 4 heterocycles. The maximum Gasteiger partial charge on any atom is 0.319 e. The second kappa shape index (κ2) is 9.39. The van der Waals surface area contributed by atoms with Crippen LogP contribution in [-0.2, 0) is 20.5 Å². The normalized spacial score (nSPS) is 16.6. The van der Waals surface area contributed by atoms with Crippen molar-refractivity contribution in [2.45, 2.75) is 19.4 Å². The summed E-state index contributed by atoms with van der Waals surface area (Å²) in [5, 5.41) is 7.01. The van der Waals surface area contributed by atoms with E-state index >= 15 is 0 Å². The first-order chi connectivity index (χ1) is 16.9. The van der Waals surface area contributed by atoms with Crippen LogP contribution in [0.5, 0.6) is 0 Å². The highest BCUT2D eigenvalue weighted by molar-refractivity contribution is 7.83. The van der Waals surface area contributed by atoms with Gasteiger partial charge >= 0.3 is 5.97 Å². The summed E-state index contributed by atoms with van der Waals surface area (Å²) in [6.07, 6.45) is 4.00. The Labute approximate surface area is 202 Å². The van der Waals surface area contributed by atoms with Crippen molar-refractivity contribution in [2.24, 2.45) is 0 Å². The Balaban J connectivity index is 1.33. The molecular formula is C23H22N6O5S. The summed E-state index contributed by atoms with van der Waals surface area (Å²) in [6, 6.07) is 10.7. The van der Waals surface area contributed by atoms with Crippen molar-refractivity contribution < 1.29 is 23.1 Å². The first kappa shape index (κ1) is 22.9. The Morgan fingerprint density at radius 1 is 1.29 bits per heavy atom. The number of hydrogen-bond donors (Lipinski definition) is 1. The van der Waals surface area contributed by atoms with Crippen LogP contribution in [-0.4, -0.2) is 59.3 Å². The Kier molecular flexibility index (Phi) is 6.14. The monoisotopic (exact) mass is 494 g/mol. The molecule has 5 rings (SSSR count). The number of pyridine rings is 1. The molecular weight excluding hydrogens is 472 g/mol. The quantitative estimate of drug-likeness (QED) is 0.388. The van der Waals surface area contributed by atoms with E-state index < -0.39 is 17.0 Å². The van der Waals surface area contributed by atoms with E-state index in [9.17, 15) is 13.8 Å². The van der Waals surface area contributed by atoms with E-state index in [1.165, 1.54) is 13.3 Å². The standard InChI is InChI=1S/C23H22N6O5S/c1-14-6-7-15(11-16(14)25-22(31)18-12-24-19-5-3-4-9-28(18)19)21-26-23(34-27-21)17-8-10-29(17)35(32)13-20(30)33-2/h3-7,9,11-12,17H,8,10,13H2,1-2H3,(H,25,31). The second-order valence-corrected chi connectivity index (χ2v) is 9.40. The number of aryl methyl sites for hydroxylation is 1. The van der Waals surface area contributed by atoms with Crippen LogP contribution in [0.3, 0.4) is 0 Å². The molecule has 2 unspecified atom stereocenters. The SMILES string of the molecule is COC(=O)CS(=O)N1CCC1c1nc(-c2ccc(C)c(NC(=O)c3cnc4ccccn34)c2)no1. The smallest absolute Gasteiger partial charge is 0.319 e. The molecule has 35 heavy (non-hydrogen) atoms. The highest BCUT2D eigenvalue weighted by Crippen LogP contribution is 2.35. The number of carbonyl (C=O) groups is 2. The molecule has 3 aromatic heterocycles. The van der Waals surface area contributed by atoms with Crippen LogP contribution in [0, 0.1) is 6.92 Å². The summed E-state index contributed by atoms with van der Waals surface area (Å²) >= 11 is 0. The zero-order valence-corrected chi connectivity index (χ0v) is 19.8. The van der Waals surface area contributed by atoms with Gasteiger partial charge in [0.1, 0.15) is 34.1 Å². The maximum atomic E-state index is 12.9. The lowest BCUT2D eigenvalue weighted by Gasteiger charge is -2.36. The number of hydrogen-bond acceptors (Lipinski definition) is 8. The fourth-order valence-electron chi connectivity index (χ4n) is 3.77. The molecule has 1 fully saturated rings. The van der Waals surface area contributed by atoms with Crippen LogP contribution in [0.25, 0.3) is 17.0 Å². The van der Waals surface area contributed by atoms with Gasteiger partial charge in [-0.15, -0.1) is 0 Å². The van der Waals surface area contributed by atoms with E-state index in [1.54, 1.807) is 21.0 Å². The number of fused-ring (bicyclic) bond motifs is 1. The van der Waals surface area contributed by atoms with Gasteiger partial charge in [0.05, 0.1) is 13.3 Å². The number of imidazole rings is 1. The fourth-order valence-corrected chi connectivity index (χ4v) is 5.04. The third-order valence-corrected chi connectivity index (χ3v) is 7.26. The predicted octanol–water partition coefficient (Wildman–Crippen LogP) is 2.53. The molecule has 1 amide bonds. The Morgan fingerprint density at radius 2 is 2.14 bits per heavy atom. The molecule has 0 spiro atoms. The summed E-state index contributed by atoms with van der Waals surface area (Å²) in [6.45, 7) is 2.44. The second-order valence-electron chi connectivity index (χ2n) is 8.00. The number of esters is 1. The molecule has 11 nitrogen and oxygen atoms in total. The topological polar surface area (TPSA) is 132 Å². The van der Waals surface area contributed by atoms with Crippen molar-refractivity contribution in [3.8, 4) is 11.4 Å². The number of anilines is 1. The number of methoxy groups -OCH3 is 1. The molecule has 12 heteroatoms. The van der Waals surface area contributed by atoms with Crippen molar-refractivity contribution in [3.05, 3.63) is 65.9 Å². The average Bonchev–Trinajstić information content (AvgIpc) is 3.47. The van der Waals surface area contributed by atoms with Gasteiger partial charge in [-0.2, -0.15) is 4.98 Å². The third kappa shape index (κ3) is 4.45. The molecule has 1 aromatic carbocycles. The molecule has 1 aliphatic rings. The van der Waals surface area contributed by atoms with Gasteiger partial charge in [0.15, 0.2) is 0 Å². The zero-order valence-electron chi connectivity index (χ0n) is 19.0. The average molecular weight is 495 g/mol. The molecule has 180 valence electrons. The van der Waals surface area contributed by atoms with Gasteiger partial charge in [0.25, 0.3) is 5.91 Å². The summed E-state index contributed by atoms with van der Waals surface area (Å²) < 4.78 is 25.8. The number of rotatable bonds is 7. The molecule has 4 aromatic rings. The van der Waals surface area contributed by atoms with E-state index in [0.717, 1.165) is 5.56 Å². The number of benzene rings is 1. The predicted molar refractivity (Wildman–Crippen MR) is 127 cm³/mol. The highest BCUT2D eigenvalue weighted by atomic mass is 32.2. The lowest BCUT2D eigenvalue weighted by molar-refractivity contribution is -0.137. The molecule has 0 saturated carbocycles. The zero-order chi connectivity index (χ0) is 24.5. The Hall–Kier alpha value is -3.90. The van der Waals surface area contributed by atoms with Crippen LogP contribution in [0.1, 0.15) is 34.4 Å². The first-order valence-electron chi connectivity index (χ1n) is 10.8. The van der Waals surface area contributed by atoms with E-state index in [0.29, 0.717) is 47.3 Å². The Bertz CT molecular complexity index is 1450. The molecule has 2 atom stereocenters. The van der Waals surface area contributed by atoms with Crippen LogP contribution in [0.4, 0.5) is 5.69 Å². The van der Waals surface area contributed by atoms with Crippen LogP contribution < -0.4 is 5.32 Å². The van der Waals surface area contributed by atoms with E-state index in [-0.39, 0.29) is 17.7 Å². The van der Waals surface area contributed by atoms with Crippen molar-refractivity contribution in [1.82, 2.24) is 23.8 Å². The van der Waals surface area contributed by atoms with Gasteiger partial charge in [-0.1, -0.05) is 23.4 Å².